The zero-order chi connectivity index (χ0) is 10.8. The fourth-order valence-corrected chi connectivity index (χ4v) is 1.46. The van der Waals surface area contributed by atoms with Crippen LogP contribution in [0.15, 0.2) is 0 Å². The van der Waals surface area contributed by atoms with Gasteiger partial charge < -0.3 is 4.84 Å². The molecule has 3 heteroatoms. The second-order valence-electron chi connectivity index (χ2n) is 3.89. The molecule has 0 amide bonds. The average molecular weight is 201 g/mol. The van der Waals surface area contributed by atoms with Gasteiger partial charge in [0, 0.05) is 0 Å². The molecule has 84 valence electrons. The lowest BCUT2D eigenvalue weighted by Gasteiger charge is -2.07. The molecule has 0 aromatic heterocycles. The van der Waals surface area contributed by atoms with E-state index in [4.69, 9.17) is 5.90 Å². The second kappa shape index (κ2) is 9.00. The Morgan fingerprint density at radius 2 is 1.79 bits per heavy atom. The van der Waals surface area contributed by atoms with Crippen molar-refractivity contribution >= 4 is 5.97 Å². The smallest absolute Gasteiger partial charge is 0.327 e. The van der Waals surface area contributed by atoms with Crippen LogP contribution in [-0.4, -0.2) is 5.97 Å². The molecule has 0 bridgehead atoms. The van der Waals surface area contributed by atoms with Crippen LogP contribution in [0.4, 0.5) is 0 Å². The van der Waals surface area contributed by atoms with Crippen molar-refractivity contribution in [3.63, 3.8) is 0 Å². The van der Waals surface area contributed by atoms with Crippen molar-refractivity contribution in [1.82, 2.24) is 0 Å². The highest BCUT2D eigenvalue weighted by Gasteiger charge is 2.12. The number of hydrogen-bond donors (Lipinski definition) is 1. The Morgan fingerprint density at radius 3 is 2.36 bits per heavy atom. The summed E-state index contributed by atoms with van der Waals surface area (Å²) in [6.07, 6.45) is 8.38. The summed E-state index contributed by atoms with van der Waals surface area (Å²) < 4.78 is 0. The number of carbonyl (C=O) groups excluding carboxylic acids is 1. The largest absolute Gasteiger partial charge is 0.373 e. The van der Waals surface area contributed by atoms with Gasteiger partial charge in [0.05, 0.1) is 5.92 Å². The maximum atomic E-state index is 10.9. The Morgan fingerprint density at radius 1 is 1.21 bits per heavy atom. The van der Waals surface area contributed by atoms with Gasteiger partial charge in [-0.1, -0.05) is 52.4 Å². The second-order valence-corrected chi connectivity index (χ2v) is 3.89. The molecule has 0 rings (SSSR count). The first kappa shape index (κ1) is 13.4. The fourth-order valence-electron chi connectivity index (χ4n) is 1.46. The van der Waals surface area contributed by atoms with Gasteiger partial charge in [0.1, 0.15) is 0 Å². The Hall–Kier alpha value is -0.570. The lowest BCUT2D eigenvalue weighted by Crippen LogP contribution is -2.18. The highest BCUT2D eigenvalue weighted by atomic mass is 16.7. The van der Waals surface area contributed by atoms with Gasteiger partial charge >= 0.3 is 5.97 Å². The minimum absolute atomic E-state index is 0.0498. The first-order valence-corrected chi connectivity index (χ1v) is 5.63. The summed E-state index contributed by atoms with van der Waals surface area (Å²) in [5.74, 6) is 4.45. The molecular weight excluding hydrogens is 178 g/mol. The van der Waals surface area contributed by atoms with Crippen LogP contribution >= 0.6 is 0 Å². The van der Waals surface area contributed by atoms with Gasteiger partial charge in [0.25, 0.3) is 0 Å². The quantitative estimate of drug-likeness (QED) is 0.485. The van der Waals surface area contributed by atoms with Gasteiger partial charge in [0.2, 0.25) is 0 Å². The van der Waals surface area contributed by atoms with Crippen molar-refractivity contribution in [1.29, 1.82) is 0 Å². The summed E-state index contributed by atoms with van der Waals surface area (Å²) in [5, 5.41) is 0. The van der Waals surface area contributed by atoms with Crippen molar-refractivity contribution in [2.75, 3.05) is 0 Å². The van der Waals surface area contributed by atoms with Crippen LogP contribution in [-0.2, 0) is 9.63 Å². The van der Waals surface area contributed by atoms with Crippen LogP contribution in [0.2, 0.25) is 0 Å². The van der Waals surface area contributed by atoms with Crippen molar-refractivity contribution in [3.05, 3.63) is 0 Å². The van der Waals surface area contributed by atoms with Crippen LogP contribution in [0.3, 0.4) is 0 Å². The molecule has 0 aromatic carbocycles. The molecule has 14 heavy (non-hydrogen) atoms. The molecule has 0 saturated carbocycles. The summed E-state index contributed by atoms with van der Waals surface area (Å²) in [5.41, 5.74) is 0. The van der Waals surface area contributed by atoms with E-state index >= 15 is 0 Å². The Labute approximate surface area is 87.0 Å². The van der Waals surface area contributed by atoms with E-state index in [1.807, 2.05) is 6.92 Å². The molecule has 0 aliphatic rings. The molecule has 0 aliphatic carbocycles. The van der Waals surface area contributed by atoms with Crippen molar-refractivity contribution in [3.8, 4) is 0 Å². The van der Waals surface area contributed by atoms with Gasteiger partial charge in [-0.05, 0) is 6.42 Å². The molecule has 2 N–H and O–H groups in total. The van der Waals surface area contributed by atoms with Crippen molar-refractivity contribution in [2.24, 2.45) is 11.8 Å². The zero-order valence-electron chi connectivity index (χ0n) is 9.42. The van der Waals surface area contributed by atoms with E-state index < -0.39 is 0 Å². The van der Waals surface area contributed by atoms with E-state index in [1.165, 1.54) is 32.1 Å². The normalized spacial score (nSPS) is 12.5. The van der Waals surface area contributed by atoms with Gasteiger partial charge in [-0.3, -0.25) is 4.79 Å². The Kier molecular flexibility index (Phi) is 8.64. The maximum absolute atomic E-state index is 10.9. The van der Waals surface area contributed by atoms with Gasteiger partial charge in [-0.25, -0.2) is 0 Å². The molecule has 0 heterocycles. The molecule has 0 saturated heterocycles. The van der Waals surface area contributed by atoms with E-state index in [9.17, 15) is 4.79 Å². The predicted octanol–water partition coefficient (Wildman–Crippen LogP) is 2.79. The van der Waals surface area contributed by atoms with Crippen LogP contribution in [0.1, 0.15) is 58.8 Å². The average Bonchev–Trinajstić information content (AvgIpc) is 2.21. The van der Waals surface area contributed by atoms with Gasteiger partial charge in [0.15, 0.2) is 0 Å². The standard InChI is InChI=1S/C11H23NO2/c1-3-4-5-6-7-8-9-10(2)11(13)14-12/h10H,3-9,12H2,1-2H3. The molecule has 0 fully saturated rings. The monoisotopic (exact) mass is 201 g/mol. The lowest BCUT2D eigenvalue weighted by molar-refractivity contribution is -0.148. The summed E-state index contributed by atoms with van der Waals surface area (Å²) >= 11 is 0. The Balaban J connectivity index is 3.23. The summed E-state index contributed by atoms with van der Waals surface area (Å²) in [6.45, 7) is 4.07. The van der Waals surface area contributed by atoms with Crippen LogP contribution in [0, 0.1) is 5.92 Å². The number of unbranched alkanes of at least 4 members (excludes halogenated alkanes) is 5. The summed E-state index contributed by atoms with van der Waals surface area (Å²) in [7, 11) is 0. The number of rotatable bonds is 8. The number of carbonyl (C=O) groups is 1. The molecule has 0 aliphatic heterocycles. The first-order chi connectivity index (χ1) is 6.72. The molecule has 0 aromatic rings. The van der Waals surface area contributed by atoms with E-state index in [-0.39, 0.29) is 11.9 Å². The SMILES string of the molecule is CCCCCCCCC(C)C(=O)ON. The first-order valence-electron chi connectivity index (χ1n) is 5.63. The molecule has 1 unspecified atom stereocenters. The summed E-state index contributed by atoms with van der Waals surface area (Å²) in [4.78, 5) is 15.1. The topological polar surface area (TPSA) is 52.3 Å². The minimum Gasteiger partial charge on any atom is -0.373 e. The molecule has 3 nitrogen and oxygen atoms in total. The van der Waals surface area contributed by atoms with E-state index in [0.29, 0.717) is 0 Å². The number of nitrogens with two attached hydrogens (primary N) is 1. The highest BCUT2D eigenvalue weighted by molar-refractivity contribution is 5.71. The van der Waals surface area contributed by atoms with Crippen LogP contribution in [0.5, 0.6) is 0 Å². The lowest BCUT2D eigenvalue weighted by atomic mass is 10.0. The van der Waals surface area contributed by atoms with Crippen LogP contribution in [0.25, 0.3) is 0 Å². The van der Waals surface area contributed by atoms with E-state index in [2.05, 4.69) is 11.8 Å². The Bertz CT molecular complexity index is 148. The van der Waals surface area contributed by atoms with Gasteiger partial charge in [-0.15, -0.1) is 0 Å². The van der Waals surface area contributed by atoms with Crippen molar-refractivity contribution in [2.45, 2.75) is 58.8 Å². The molecular formula is C11H23NO2. The highest BCUT2D eigenvalue weighted by Crippen LogP contribution is 2.12. The van der Waals surface area contributed by atoms with Crippen molar-refractivity contribution < 1.29 is 9.63 Å². The van der Waals surface area contributed by atoms with E-state index in [1.54, 1.807) is 0 Å². The minimum atomic E-state index is -0.293. The summed E-state index contributed by atoms with van der Waals surface area (Å²) in [6, 6.07) is 0. The zero-order valence-corrected chi connectivity index (χ0v) is 9.42. The third kappa shape index (κ3) is 6.89. The maximum Gasteiger partial charge on any atom is 0.327 e. The third-order valence-electron chi connectivity index (χ3n) is 2.51. The van der Waals surface area contributed by atoms with Crippen LogP contribution < -0.4 is 5.90 Å². The third-order valence-corrected chi connectivity index (χ3v) is 2.51. The molecule has 0 radical (unpaired) electrons. The number of hydrogen-bond acceptors (Lipinski definition) is 3. The van der Waals surface area contributed by atoms with Gasteiger partial charge in [-0.2, -0.15) is 5.90 Å². The van der Waals surface area contributed by atoms with E-state index in [0.717, 1.165) is 12.8 Å². The molecule has 0 spiro atoms. The fraction of sp³-hybridized carbons (Fsp3) is 0.909. The predicted molar refractivity (Wildman–Crippen MR) is 57.4 cm³/mol. The molecule has 1 atom stereocenters.